The van der Waals surface area contributed by atoms with E-state index in [1.165, 1.54) is 4.90 Å². The maximum absolute atomic E-state index is 13.5. The van der Waals surface area contributed by atoms with Gasteiger partial charge in [-0.05, 0) is 66.0 Å². The van der Waals surface area contributed by atoms with Crippen molar-refractivity contribution in [3.8, 4) is 0 Å². The average Bonchev–Trinajstić information content (AvgIpc) is 2.85. The first-order valence-electron chi connectivity index (χ1n) is 13.7. The number of likely N-dealkylation sites (N-methyl/N-ethyl adjacent to an activating group) is 3. The number of unbranched alkanes of at least 4 members (excludes halogenated alkanes) is 1. The van der Waals surface area contributed by atoms with Gasteiger partial charge in [-0.25, -0.2) is 0 Å². The Hall–Kier alpha value is -2.42. The van der Waals surface area contributed by atoms with E-state index in [9.17, 15) is 19.2 Å². The number of allylic oxidation sites excluding steroid dienone is 1. The van der Waals surface area contributed by atoms with Crippen LogP contribution in [0.5, 0.6) is 0 Å². The highest BCUT2D eigenvalue weighted by Gasteiger charge is 2.34. The zero-order valence-electron chi connectivity index (χ0n) is 25.0. The number of hydrogen-bond acceptors (Lipinski definition) is 5. The van der Waals surface area contributed by atoms with Crippen molar-refractivity contribution >= 4 is 23.6 Å². The van der Waals surface area contributed by atoms with Crippen molar-refractivity contribution in [3.63, 3.8) is 0 Å². The van der Waals surface area contributed by atoms with Gasteiger partial charge in [-0.2, -0.15) is 0 Å². The van der Waals surface area contributed by atoms with Crippen LogP contribution in [0.2, 0.25) is 0 Å². The lowest BCUT2D eigenvalue weighted by molar-refractivity contribution is -0.143. The molecule has 0 aromatic heterocycles. The van der Waals surface area contributed by atoms with E-state index in [1.54, 1.807) is 36.8 Å². The van der Waals surface area contributed by atoms with Crippen LogP contribution in [0.1, 0.15) is 74.1 Å². The third-order valence-electron chi connectivity index (χ3n) is 6.79. The van der Waals surface area contributed by atoms with Crippen LogP contribution in [0.15, 0.2) is 12.7 Å². The summed E-state index contributed by atoms with van der Waals surface area (Å²) in [5.41, 5.74) is 0. The quantitative estimate of drug-likeness (QED) is 0.286. The van der Waals surface area contributed by atoms with E-state index in [4.69, 9.17) is 0 Å². The molecule has 0 aliphatic carbocycles. The summed E-state index contributed by atoms with van der Waals surface area (Å²) in [4.78, 5) is 57.7. The molecule has 0 rings (SSSR count). The van der Waals surface area contributed by atoms with Gasteiger partial charge >= 0.3 is 0 Å². The number of carbonyl (C=O) groups is 4. The molecule has 0 aromatic carbocycles. The van der Waals surface area contributed by atoms with Crippen LogP contribution in [0.3, 0.4) is 0 Å². The molecule has 214 valence electrons. The first-order valence-corrected chi connectivity index (χ1v) is 13.7. The molecule has 0 bridgehead atoms. The summed E-state index contributed by atoms with van der Waals surface area (Å²) in [5, 5.41) is 5.69. The summed E-state index contributed by atoms with van der Waals surface area (Å²) in [5.74, 6) is -1.02. The van der Waals surface area contributed by atoms with Crippen LogP contribution in [-0.4, -0.2) is 96.7 Å². The Kier molecular flexibility index (Phi) is 16.0. The molecule has 5 atom stereocenters. The van der Waals surface area contributed by atoms with Gasteiger partial charge in [0.1, 0.15) is 18.1 Å². The zero-order valence-corrected chi connectivity index (χ0v) is 25.0. The third-order valence-corrected chi connectivity index (χ3v) is 6.79. The standard InChI is InChI=1S/C28H53N5O4/c1-12-15-16-33(14-3)27(36)21(7)29-25(34)23(18-20(6)13-2)30-26(35)24(17-19(4)5)32(11)28(37)22(8)31(9)10/h13,19-24H,2,12,14-18H2,1,3-11H3,(H,29,34)(H,30,35). The number of nitrogens with one attached hydrogen (secondary N) is 2. The molecule has 5 unspecified atom stereocenters. The maximum Gasteiger partial charge on any atom is 0.244 e. The summed E-state index contributed by atoms with van der Waals surface area (Å²) < 4.78 is 0. The highest BCUT2D eigenvalue weighted by atomic mass is 16.2. The van der Waals surface area contributed by atoms with E-state index in [2.05, 4.69) is 24.1 Å². The lowest BCUT2D eigenvalue weighted by Crippen LogP contribution is -2.58. The first-order chi connectivity index (χ1) is 17.2. The van der Waals surface area contributed by atoms with Crippen LogP contribution in [0, 0.1) is 11.8 Å². The van der Waals surface area contributed by atoms with Crippen molar-refractivity contribution in [2.24, 2.45) is 11.8 Å². The van der Waals surface area contributed by atoms with Gasteiger partial charge in [0.25, 0.3) is 0 Å². The second-order valence-electron chi connectivity index (χ2n) is 10.7. The Bertz CT molecular complexity index is 755. The molecule has 0 aliphatic rings. The van der Waals surface area contributed by atoms with E-state index < -0.39 is 30.1 Å². The Morgan fingerprint density at radius 3 is 1.92 bits per heavy atom. The fraction of sp³-hybridized carbons (Fsp3) is 0.786. The number of nitrogens with zero attached hydrogens (tertiary/aromatic N) is 3. The second kappa shape index (κ2) is 17.2. The fourth-order valence-corrected chi connectivity index (χ4v) is 3.95. The zero-order chi connectivity index (χ0) is 28.9. The van der Waals surface area contributed by atoms with E-state index in [1.807, 2.05) is 41.8 Å². The first kappa shape index (κ1) is 34.6. The van der Waals surface area contributed by atoms with Gasteiger partial charge in [0.2, 0.25) is 23.6 Å². The molecule has 0 aromatic rings. The molecule has 0 radical (unpaired) electrons. The van der Waals surface area contributed by atoms with Gasteiger partial charge in [-0.1, -0.05) is 40.2 Å². The number of hydrogen-bond donors (Lipinski definition) is 2. The van der Waals surface area contributed by atoms with Gasteiger partial charge in [0, 0.05) is 20.1 Å². The molecule has 0 aliphatic heterocycles. The number of carbonyl (C=O) groups excluding carboxylic acids is 4. The second-order valence-corrected chi connectivity index (χ2v) is 10.7. The summed E-state index contributed by atoms with van der Waals surface area (Å²) in [7, 11) is 5.26. The minimum Gasteiger partial charge on any atom is -0.343 e. The molecule has 0 spiro atoms. The Morgan fingerprint density at radius 1 is 0.865 bits per heavy atom. The van der Waals surface area contributed by atoms with E-state index >= 15 is 0 Å². The lowest BCUT2D eigenvalue weighted by atomic mass is 9.98. The average molecular weight is 524 g/mol. The topological polar surface area (TPSA) is 102 Å². The summed E-state index contributed by atoms with van der Waals surface area (Å²) in [6, 6.07) is -2.72. The van der Waals surface area contributed by atoms with E-state index in [-0.39, 0.29) is 29.6 Å². The van der Waals surface area contributed by atoms with Crippen molar-refractivity contribution in [1.29, 1.82) is 0 Å². The molecule has 9 nitrogen and oxygen atoms in total. The van der Waals surface area contributed by atoms with Crippen molar-refractivity contribution in [1.82, 2.24) is 25.3 Å². The van der Waals surface area contributed by atoms with Gasteiger partial charge in [-0.3, -0.25) is 24.1 Å². The summed E-state index contributed by atoms with van der Waals surface area (Å²) in [6.07, 6.45) is 4.38. The molecule has 2 N–H and O–H groups in total. The van der Waals surface area contributed by atoms with Crippen LogP contribution < -0.4 is 10.6 Å². The van der Waals surface area contributed by atoms with Crippen molar-refractivity contribution in [3.05, 3.63) is 12.7 Å². The molecule has 9 heteroatoms. The van der Waals surface area contributed by atoms with Crippen LogP contribution >= 0.6 is 0 Å². The fourth-order valence-electron chi connectivity index (χ4n) is 3.95. The Morgan fingerprint density at radius 2 is 1.46 bits per heavy atom. The molecule has 0 fully saturated rings. The van der Waals surface area contributed by atoms with Crippen LogP contribution in [0.25, 0.3) is 0 Å². The molecule has 0 saturated heterocycles. The summed E-state index contributed by atoms with van der Waals surface area (Å²) >= 11 is 0. The Balaban J connectivity index is 5.77. The highest BCUT2D eigenvalue weighted by Crippen LogP contribution is 2.15. The van der Waals surface area contributed by atoms with Gasteiger partial charge in [0.15, 0.2) is 0 Å². The van der Waals surface area contributed by atoms with Crippen LogP contribution in [-0.2, 0) is 19.2 Å². The third kappa shape index (κ3) is 11.7. The monoisotopic (exact) mass is 523 g/mol. The Labute approximate surface area is 225 Å². The molecule has 0 heterocycles. The number of rotatable bonds is 17. The van der Waals surface area contributed by atoms with Gasteiger partial charge in [-0.15, -0.1) is 6.58 Å². The predicted octanol–water partition coefficient (Wildman–Crippen LogP) is 2.66. The molecule has 37 heavy (non-hydrogen) atoms. The SMILES string of the molecule is C=CC(C)CC(NC(=O)C(CC(C)C)N(C)C(=O)C(C)N(C)C)C(=O)NC(C)C(=O)N(CC)CCCC. The molecular weight excluding hydrogens is 470 g/mol. The van der Waals surface area contributed by atoms with Crippen molar-refractivity contribution in [2.75, 3.05) is 34.2 Å². The predicted molar refractivity (Wildman–Crippen MR) is 150 cm³/mol. The lowest BCUT2D eigenvalue weighted by Gasteiger charge is -2.33. The van der Waals surface area contributed by atoms with Crippen molar-refractivity contribution in [2.45, 2.75) is 98.3 Å². The maximum atomic E-state index is 13.5. The summed E-state index contributed by atoms with van der Waals surface area (Å²) in [6.45, 7) is 18.3. The number of amides is 4. The van der Waals surface area contributed by atoms with Crippen LogP contribution in [0.4, 0.5) is 0 Å². The molecule has 4 amide bonds. The minimum atomic E-state index is -0.870. The normalized spacial score (nSPS) is 15.4. The van der Waals surface area contributed by atoms with E-state index in [0.717, 1.165) is 12.8 Å². The van der Waals surface area contributed by atoms with Crippen molar-refractivity contribution < 1.29 is 19.2 Å². The van der Waals surface area contributed by atoms with Gasteiger partial charge < -0.3 is 20.4 Å². The minimum absolute atomic E-state index is 0.0459. The largest absolute Gasteiger partial charge is 0.343 e. The van der Waals surface area contributed by atoms with E-state index in [0.29, 0.717) is 25.9 Å². The molecule has 0 saturated carbocycles. The smallest absolute Gasteiger partial charge is 0.244 e. The highest BCUT2D eigenvalue weighted by molar-refractivity contribution is 5.94. The van der Waals surface area contributed by atoms with Gasteiger partial charge in [0.05, 0.1) is 6.04 Å². The molecular formula is C28H53N5O4.